The SMILES string of the molecule is O=C(Nc1ccc(N2CCOCC2)cc1)c1csc(-c2csc3ccccc23)n1. The Bertz CT molecular complexity index is 1140. The third-order valence-corrected chi connectivity index (χ3v) is 6.79. The number of ether oxygens (including phenoxy) is 1. The number of carbonyl (C=O) groups excluding carboxylic acids is 1. The molecule has 1 amide bonds. The van der Waals surface area contributed by atoms with Gasteiger partial charge in [-0.2, -0.15) is 0 Å². The van der Waals surface area contributed by atoms with Gasteiger partial charge in [-0.3, -0.25) is 4.79 Å². The molecular weight excluding hydrogens is 402 g/mol. The van der Waals surface area contributed by atoms with Crippen molar-refractivity contribution in [3.63, 3.8) is 0 Å². The van der Waals surface area contributed by atoms with Gasteiger partial charge in [0.1, 0.15) is 10.7 Å². The second-order valence-corrected chi connectivity index (χ2v) is 8.55. The Morgan fingerprint density at radius 2 is 1.79 bits per heavy atom. The maximum Gasteiger partial charge on any atom is 0.275 e. The number of carbonyl (C=O) groups is 1. The first kappa shape index (κ1) is 18.3. The smallest absolute Gasteiger partial charge is 0.275 e. The average Bonchev–Trinajstić information content (AvgIpc) is 3.42. The first-order valence-electron chi connectivity index (χ1n) is 9.44. The molecule has 0 saturated carbocycles. The molecule has 5 rings (SSSR count). The highest BCUT2D eigenvalue weighted by atomic mass is 32.1. The number of thiazole rings is 1. The van der Waals surface area contributed by atoms with Crippen LogP contribution in [0.5, 0.6) is 0 Å². The number of hydrogen-bond donors (Lipinski definition) is 1. The van der Waals surface area contributed by atoms with Crippen molar-refractivity contribution in [2.75, 3.05) is 36.5 Å². The number of nitrogens with zero attached hydrogens (tertiary/aromatic N) is 2. The summed E-state index contributed by atoms with van der Waals surface area (Å²) in [5, 5.41) is 8.92. The molecule has 0 spiro atoms. The standard InChI is InChI=1S/C22H19N3O2S2/c26-21(23-15-5-7-16(8-6-15)25-9-11-27-12-10-25)19-14-29-22(24-19)18-13-28-20-4-2-1-3-17(18)20/h1-8,13-14H,9-12H2,(H,23,26). The van der Waals surface area contributed by atoms with Crippen LogP contribution in [-0.2, 0) is 4.74 Å². The minimum Gasteiger partial charge on any atom is -0.378 e. The van der Waals surface area contributed by atoms with Crippen LogP contribution >= 0.6 is 22.7 Å². The van der Waals surface area contributed by atoms with Gasteiger partial charge in [0, 0.05) is 50.9 Å². The molecule has 4 aromatic rings. The van der Waals surface area contributed by atoms with Gasteiger partial charge in [-0.15, -0.1) is 22.7 Å². The highest BCUT2D eigenvalue weighted by Crippen LogP contribution is 2.35. The van der Waals surface area contributed by atoms with Gasteiger partial charge in [-0.25, -0.2) is 4.98 Å². The summed E-state index contributed by atoms with van der Waals surface area (Å²) in [5.41, 5.74) is 3.44. The van der Waals surface area contributed by atoms with Crippen LogP contribution in [-0.4, -0.2) is 37.2 Å². The van der Waals surface area contributed by atoms with Crippen LogP contribution < -0.4 is 10.2 Å². The van der Waals surface area contributed by atoms with Crippen molar-refractivity contribution in [1.82, 2.24) is 4.98 Å². The van der Waals surface area contributed by atoms with E-state index in [1.165, 1.54) is 21.4 Å². The number of amides is 1. The largest absolute Gasteiger partial charge is 0.378 e. The van der Waals surface area contributed by atoms with Crippen LogP contribution in [0.4, 0.5) is 11.4 Å². The van der Waals surface area contributed by atoms with E-state index in [9.17, 15) is 4.79 Å². The predicted octanol–water partition coefficient (Wildman–Crippen LogP) is 5.11. The lowest BCUT2D eigenvalue weighted by molar-refractivity contribution is 0.102. The van der Waals surface area contributed by atoms with Crippen molar-refractivity contribution in [2.24, 2.45) is 0 Å². The Morgan fingerprint density at radius 3 is 2.62 bits per heavy atom. The number of hydrogen-bond acceptors (Lipinski definition) is 6. The summed E-state index contributed by atoms with van der Waals surface area (Å²) in [6, 6.07) is 16.2. The van der Waals surface area contributed by atoms with E-state index in [0.717, 1.165) is 48.2 Å². The lowest BCUT2D eigenvalue weighted by atomic mass is 10.2. The minimum atomic E-state index is -0.189. The quantitative estimate of drug-likeness (QED) is 0.497. The summed E-state index contributed by atoms with van der Waals surface area (Å²) in [4.78, 5) is 19.5. The van der Waals surface area contributed by atoms with Crippen LogP contribution in [0.3, 0.4) is 0 Å². The molecule has 0 aliphatic carbocycles. The van der Waals surface area contributed by atoms with Crippen LogP contribution in [0, 0.1) is 0 Å². The van der Waals surface area contributed by atoms with E-state index in [1.807, 2.05) is 41.8 Å². The van der Waals surface area contributed by atoms with E-state index in [1.54, 1.807) is 11.3 Å². The molecule has 146 valence electrons. The number of anilines is 2. The van der Waals surface area contributed by atoms with Gasteiger partial charge >= 0.3 is 0 Å². The van der Waals surface area contributed by atoms with Gasteiger partial charge in [-0.1, -0.05) is 18.2 Å². The van der Waals surface area contributed by atoms with Crippen molar-refractivity contribution >= 4 is 50.0 Å². The van der Waals surface area contributed by atoms with Crippen LogP contribution in [0.2, 0.25) is 0 Å². The molecule has 2 aromatic carbocycles. The summed E-state index contributed by atoms with van der Waals surface area (Å²) in [6.45, 7) is 3.29. The highest BCUT2D eigenvalue weighted by Gasteiger charge is 2.15. The van der Waals surface area contributed by atoms with Crippen molar-refractivity contribution in [3.05, 3.63) is 65.0 Å². The molecular formula is C22H19N3O2S2. The van der Waals surface area contributed by atoms with Gasteiger partial charge < -0.3 is 15.0 Å². The van der Waals surface area contributed by atoms with Crippen molar-refractivity contribution < 1.29 is 9.53 Å². The number of thiophene rings is 1. The Morgan fingerprint density at radius 1 is 1.00 bits per heavy atom. The van der Waals surface area contributed by atoms with Gasteiger partial charge in [0.25, 0.3) is 5.91 Å². The second kappa shape index (κ2) is 7.94. The van der Waals surface area contributed by atoms with E-state index < -0.39 is 0 Å². The first-order chi connectivity index (χ1) is 14.3. The fourth-order valence-corrected chi connectivity index (χ4v) is 5.27. The Labute approximate surface area is 176 Å². The lowest BCUT2D eigenvalue weighted by Gasteiger charge is -2.28. The zero-order chi connectivity index (χ0) is 19.6. The van der Waals surface area contributed by atoms with Gasteiger partial charge in [0.05, 0.1) is 13.2 Å². The average molecular weight is 422 g/mol. The molecule has 1 N–H and O–H groups in total. The fraction of sp³-hybridized carbons (Fsp3) is 0.182. The van der Waals surface area contributed by atoms with Crippen LogP contribution in [0.15, 0.2) is 59.3 Å². The molecule has 0 atom stereocenters. The van der Waals surface area contributed by atoms with Crippen LogP contribution in [0.25, 0.3) is 20.7 Å². The molecule has 2 aromatic heterocycles. The molecule has 0 radical (unpaired) electrons. The van der Waals surface area contributed by atoms with Crippen molar-refractivity contribution in [3.8, 4) is 10.6 Å². The molecule has 0 bridgehead atoms. The van der Waals surface area contributed by atoms with Gasteiger partial charge in [-0.05, 0) is 30.3 Å². The number of aromatic nitrogens is 1. The topological polar surface area (TPSA) is 54.5 Å². The molecule has 7 heteroatoms. The Balaban J connectivity index is 1.30. The van der Waals surface area contributed by atoms with E-state index in [-0.39, 0.29) is 5.91 Å². The Kier molecular flexibility index (Phi) is 5.01. The molecule has 29 heavy (non-hydrogen) atoms. The van der Waals surface area contributed by atoms with Gasteiger partial charge in [0.2, 0.25) is 0 Å². The maximum absolute atomic E-state index is 12.7. The van der Waals surface area contributed by atoms with Crippen molar-refractivity contribution in [2.45, 2.75) is 0 Å². The summed E-state index contributed by atoms with van der Waals surface area (Å²) in [7, 11) is 0. The fourth-order valence-electron chi connectivity index (χ4n) is 3.42. The number of benzene rings is 2. The first-order valence-corrected chi connectivity index (χ1v) is 11.2. The lowest BCUT2D eigenvalue weighted by Crippen LogP contribution is -2.36. The molecule has 1 aliphatic rings. The monoisotopic (exact) mass is 421 g/mol. The number of rotatable bonds is 4. The Hall–Kier alpha value is -2.74. The minimum absolute atomic E-state index is 0.189. The summed E-state index contributed by atoms with van der Waals surface area (Å²) >= 11 is 3.19. The third kappa shape index (κ3) is 3.76. The molecule has 1 aliphatic heterocycles. The summed E-state index contributed by atoms with van der Waals surface area (Å²) < 4.78 is 6.62. The highest BCUT2D eigenvalue weighted by molar-refractivity contribution is 7.19. The zero-order valence-corrected chi connectivity index (χ0v) is 17.3. The van der Waals surface area contributed by atoms with E-state index >= 15 is 0 Å². The van der Waals surface area contributed by atoms with Crippen molar-refractivity contribution in [1.29, 1.82) is 0 Å². The number of fused-ring (bicyclic) bond motifs is 1. The number of morpholine rings is 1. The predicted molar refractivity (Wildman–Crippen MR) is 120 cm³/mol. The summed E-state index contributed by atoms with van der Waals surface area (Å²) in [5.74, 6) is -0.189. The normalized spacial score (nSPS) is 14.3. The molecule has 1 fully saturated rings. The van der Waals surface area contributed by atoms with Crippen LogP contribution in [0.1, 0.15) is 10.5 Å². The van der Waals surface area contributed by atoms with Gasteiger partial charge in [0.15, 0.2) is 0 Å². The summed E-state index contributed by atoms with van der Waals surface area (Å²) in [6.07, 6.45) is 0. The second-order valence-electron chi connectivity index (χ2n) is 6.78. The number of nitrogens with one attached hydrogen (secondary N) is 1. The zero-order valence-electron chi connectivity index (χ0n) is 15.6. The third-order valence-electron chi connectivity index (χ3n) is 4.95. The molecule has 1 saturated heterocycles. The van der Waals surface area contributed by atoms with E-state index in [4.69, 9.17) is 4.74 Å². The van der Waals surface area contributed by atoms with E-state index in [0.29, 0.717) is 5.69 Å². The molecule has 0 unspecified atom stereocenters. The molecule has 3 heterocycles. The van der Waals surface area contributed by atoms with E-state index in [2.05, 4.69) is 32.7 Å². The maximum atomic E-state index is 12.7. The molecule has 5 nitrogen and oxygen atoms in total.